The topological polar surface area (TPSA) is 43.4 Å². The van der Waals surface area contributed by atoms with Crippen molar-refractivity contribution in [1.82, 2.24) is 4.98 Å². The molecule has 1 aromatic heterocycles. The van der Waals surface area contributed by atoms with E-state index in [0.29, 0.717) is 24.8 Å². The Balaban J connectivity index is 2.52. The molecule has 0 bridgehead atoms. The fraction of sp³-hybridized carbons (Fsp3) is 0.545. The second-order valence-corrected chi connectivity index (χ2v) is 3.61. The summed E-state index contributed by atoms with van der Waals surface area (Å²) in [5.74, 6) is 0.817. The molecule has 1 aromatic rings. The summed E-state index contributed by atoms with van der Waals surface area (Å²) >= 11 is 6.01. The molecule has 4 nitrogen and oxygen atoms in total. The van der Waals surface area contributed by atoms with Gasteiger partial charge in [0.2, 0.25) is 0 Å². The summed E-state index contributed by atoms with van der Waals surface area (Å²) in [6.45, 7) is 4.37. The molecule has 5 heteroatoms. The van der Waals surface area contributed by atoms with Crippen LogP contribution in [0.5, 0.6) is 0 Å². The zero-order valence-corrected chi connectivity index (χ0v) is 10.4. The Hall–Kier alpha value is -0.840. The molecule has 0 aliphatic rings. The Morgan fingerprint density at radius 1 is 1.38 bits per heavy atom. The summed E-state index contributed by atoms with van der Waals surface area (Å²) in [5, 5.41) is 3.75. The van der Waals surface area contributed by atoms with Gasteiger partial charge in [-0.1, -0.05) is 11.6 Å². The third kappa shape index (κ3) is 4.35. The largest absolute Gasteiger partial charge is 0.382 e. The van der Waals surface area contributed by atoms with Gasteiger partial charge in [-0.3, -0.25) is 0 Å². The van der Waals surface area contributed by atoms with Crippen LogP contribution in [0, 0.1) is 0 Å². The molecule has 1 heterocycles. The normalized spacial score (nSPS) is 10.4. The summed E-state index contributed by atoms with van der Waals surface area (Å²) in [5.41, 5.74) is 0.746. The summed E-state index contributed by atoms with van der Waals surface area (Å²) < 4.78 is 10.3. The number of halogens is 1. The Bertz CT molecular complexity index is 321. The van der Waals surface area contributed by atoms with Gasteiger partial charge in [-0.05, 0) is 19.1 Å². The van der Waals surface area contributed by atoms with E-state index in [1.54, 1.807) is 7.11 Å². The lowest BCUT2D eigenvalue weighted by molar-refractivity contribution is 0.0603. The molecule has 0 aliphatic carbocycles. The lowest BCUT2D eigenvalue weighted by Crippen LogP contribution is -2.05. The van der Waals surface area contributed by atoms with Gasteiger partial charge in [0.15, 0.2) is 0 Å². The van der Waals surface area contributed by atoms with Crippen LogP contribution >= 0.6 is 11.6 Å². The van der Waals surface area contributed by atoms with Gasteiger partial charge in [0.05, 0.1) is 30.5 Å². The number of rotatable bonds is 7. The first-order chi connectivity index (χ1) is 7.77. The monoisotopic (exact) mass is 244 g/mol. The minimum absolute atomic E-state index is 0.404. The number of nitrogens with one attached hydrogen (secondary N) is 1. The molecule has 0 aromatic carbocycles. The van der Waals surface area contributed by atoms with Crippen molar-refractivity contribution < 1.29 is 9.47 Å². The number of nitrogens with zero attached hydrogens (tertiary/aromatic N) is 1. The average molecular weight is 245 g/mol. The number of methoxy groups -OCH3 is 1. The van der Waals surface area contributed by atoms with Crippen LogP contribution in [0.2, 0.25) is 5.02 Å². The molecule has 0 amide bonds. The number of aromatic nitrogens is 1. The van der Waals surface area contributed by atoms with E-state index in [-0.39, 0.29) is 0 Å². The van der Waals surface area contributed by atoms with Crippen LogP contribution in [0.15, 0.2) is 12.1 Å². The van der Waals surface area contributed by atoms with Gasteiger partial charge in [-0.15, -0.1) is 0 Å². The molecule has 1 N–H and O–H groups in total. The minimum atomic E-state index is 0.404. The van der Waals surface area contributed by atoms with E-state index in [9.17, 15) is 0 Å². The minimum Gasteiger partial charge on any atom is -0.382 e. The van der Waals surface area contributed by atoms with Crippen molar-refractivity contribution in [2.75, 3.05) is 32.2 Å². The number of hydrogen-bond donors (Lipinski definition) is 1. The maximum atomic E-state index is 6.01. The highest BCUT2D eigenvalue weighted by molar-refractivity contribution is 6.31. The molecule has 0 saturated heterocycles. The quantitative estimate of drug-likeness (QED) is 0.748. The summed E-state index contributed by atoms with van der Waals surface area (Å²) in [7, 11) is 1.64. The molecule has 0 atom stereocenters. The molecule has 0 aliphatic heterocycles. The lowest BCUT2D eigenvalue weighted by Gasteiger charge is -2.08. The molecular weight excluding hydrogens is 228 g/mol. The first-order valence-electron chi connectivity index (χ1n) is 5.24. The van der Waals surface area contributed by atoms with Gasteiger partial charge in [-0.25, -0.2) is 4.98 Å². The smallest absolute Gasteiger partial charge is 0.126 e. The standard InChI is InChI=1S/C11H17ClN2O2/c1-3-13-11-5-4-9(12)10(14-11)8-16-7-6-15-2/h4-5H,3,6-8H2,1-2H3,(H,13,14). The highest BCUT2D eigenvalue weighted by Gasteiger charge is 2.03. The van der Waals surface area contributed by atoms with Crippen LogP contribution in [0.1, 0.15) is 12.6 Å². The van der Waals surface area contributed by atoms with E-state index < -0.39 is 0 Å². The fourth-order valence-corrected chi connectivity index (χ4v) is 1.34. The van der Waals surface area contributed by atoms with Gasteiger partial charge in [-0.2, -0.15) is 0 Å². The Morgan fingerprint density at radius 3 is 2.88 bits per heavy atom. The number of anilines is 1. The first kappa shape index (κ1) is 13.2. The molecule has 0 spiro atoms. The fourth-order valence-electron chi connectivity index (χ4n) is 1.18. The van der Waals surface area contributed by atoms with E-state index >= 15 is 0 Å². The van der Waals surface area contributed by atoms with E-state index in [1.807, 2.05) is 19.1 Å². The van der Waals surface area contributed by atoms with Crippen molar-refractivity contribution in [3.63, 3.8) is 0 Å². The van der Waals surface area contributed by atoms with E-state index in [4.69, 9.17) is 21.1 Å². The van der Waals surface area contributed by atoms with Crippen molar-refractivity contribution in [3.05, 3.63) is 22.8 Å². The van der Waals surface area contributed by atoms with Crippen molar-refractivity contribution >= 4 is 17.4 Å². The predicted octanol–water partition coefficient (Wildman–Crippen LogP) is 2.33. The van der Waals surface area contributed by atoms with Crippen molar-refractivity contribution in [1.29, 1.82) is 0 Å². The molecular formula is C11H17ClN2O2. The lowest BCUT2D eigenvalue weighted by atomic mass is 10.3. The van der Waals surface area contributed by atoms with Crippen LogP contribution in [-0.4, -0.2) is 31.9 Å². The zero-order valence-electron chi connectivity index (χ0n) is 9.62. The maximum Gasteiger partial charge on any atom is 0.126 e. The van der Waals surface area contributed by atoms with Crippen LogP contribution < -0.4 is 5.32 Å². The van der Waals surface area contributed by atoms with Crippen LogP contribution in [-0.2, 0) is 16.1 Å². The summed E-state index contributed by atoms with van der Waals surface area (Å²) in [6.07, 6.45) is 0. The Labute approximate surface area is 101 Å². The third-order valence-corrected chi connectivity index (χ3v) is 2.29. The van der Waals surface area contributed by atoms with E-state index in [1.165, 1.54) is 0 Å². The molecule has 0 unspecified atom stereocenters. The van der Waals surface area contributed by atoms with Gasteiger partial charge >= 0.3 is 0 Å². The molecule has 90 valence electrons. The van der Waals surface area contributed by atoms with Gasteiger partial charge in [0, 0.05) is 13.7 Å². The second kappa shape index (κ2) is 7.44. The predicted molar refractivity (Wildman–Crippen MR) is 64.9 cm³/mol. The van der Waals surface area contributed by atoms with Crippen LogP contribution in [0.3, 0.4) is 0 Å². The molecule has 0 fully saturated rings. The zero-order chi connectivity index (χ0) is 11.8. The molecule has 0 saturated carbocycles. The first-order valence-corrected chi connectivity index (χ1v) is 5.61. The van der Waals surface area contributed by atoms with Crippen molar-refractivity contribution in [2.24, 2.45) is 0 Å². The average Bonchev–Trinajstić information content (AvgIpc) is 2.29. The highest BCUT2D eigenvalue weighted by atomic mass is 35.5. The molecule has 1 rings (SSSR count). The summed E-state index contributed by atoms with van der Waals surface area (Å²) in [6, 6.07) is 3.67. The van der Waals surface area contributed by atoms with Crippen molar-refractivity contribution in [2.45, 2.75) is 13.5 Å². The highest BCUT2D eigenvalue weighted by Crippen LogP contribution is 2.17. The molecule has 16 heavy (non-hydrogen) atoms. The van der Waals surface area contributed by atoms with Gasteiger partial charge < -0.3 is 14.8 Å². The third-order valence-electron chi connectivity index (χ3n) is 1.95. The number of pyridine rings is 1. The van der Waals surface area contributed by atoms with E-state index in [2.05, 4.69) is 10.3 Å². The summed E-state index contributed by atoms with van der Waals surface area (Å²) in [4.78, 5) is 4.35. The second-order valence-electron chi connectivity index (χ2n) is 3.20. The maximum absolute atomic E-state index is 6.01. The number of hydrogen-bond acceptors (Lipinski definition) is 4. The van der Waals surface area contributed by atoms with E-state index in [0.717, 1.165) is 18.1 Å². The molecule has 0 radical (unpaired) electrons. The Kier molecular flexibility index (Phi) is 6.15. The Morgan fingerprint density at radius 2 is 2.19 bits per heavy atom. The van der Waals surface area contributed by atoms with Crippen LogP contribution in [0.4, 0.5) is 5.82 Å². The number of ether oxygens (including phenoxy) is 2. The SMILES string of the molecule is CCNc1ccc(Cl)c(COCCOC)n1. The van der Waals surface area contributed by atoms with Crippen LogP contribution in [0.25, 0.3) is 0 Å². The van der Waals surface area contributed by atoms with Crippen molar-refractivity contribution in [3.8, 4) is 0 Å². The van der Waals surface area contributed by atoms with Gasteiger partial charge in [0.25, 0.3) is 0 Å². The van der Waals surface area contributed by atoms with Gasteiger partial charge in [0.1, 0.15) is 5.82 Å².